The Kier molecular flexibility index (Phi) is 3.06. The van der Waals surface area contributed by atoms with Crippen LogP contribution in [0.1, 0.15) is 51.9 Å². The molecule has 1 unspecified atom stereocenters. The molecule has 1 atom stereocenters. The molecule has 4 aliphatic rings. The maximum atomic E-state index is 12.6. The smallest absolute Gasteiger partial charge is 0.226 e. The van der Waals surface area contributed by atoms with Gasteiger partial charge in [0.2, 0.25) is 11.8 Å². The molecular weight excluding hydrogens is 240 g/mol. The summed E-state index contributed by atoms with van der Waals surface area (Å²) >= 11 is 0. The molecule has 0 aliphatic heterocycles. The first-order valence-corrected chi connectivity index (χ1v) is 7.56. The molecular formula is C15H24N2O2. The van der Waals surface area contributed by atoms with Gasteiger partial charge in [0, 0.05) is 17.9 Å². The maximum Gasteiger partial charge on any atom is 0.226 e. The predicted octanol–water partition coefficient (Wildman–Crippen LogP) is 1.58. The fraction of sp³-hybridized carbons (Fsp3) is 0.867. The number of hydrogen-bond acceptors (Lipinski definition) is 2. The number of amides is 2. The first-order chi connectivity index (χ1) is 8.97. The molecule has 0 aromatic carbocycles. The third-order valence-electron chi connectivity index (χ3n) is 5.40. The van der Waals surface area contributed by atoms with E-state index in [1.54, 1.807) is 0 Å². The molecule has 0 aromatic rings. The summed E-state index contributed by atoms with van der Waals surface area (Å²) in [5, 5.41) is 3.03. The maximum absolute atomic E-state index is 12.6. The van der Waals surface area contributed by atoms with Gasteiger partial charge in [-0.05, 0) is 63.2 Å². The van der Waals surface area contributed by atoms with Gasteiger partial charge in [0.05, 0.1) is 0 Å². The van der Waals surface area contributed by atoms with Crippen LogP contribution in [0.2, 0.25) is 0 Å². The molecule has 0 spiro atoms. The fourth-order valence-electron chi connectivity index (χ4n) is 5.12. The van der Waals surface area contributed by atoms with Crippen molar-refractivity contribution in [1.29, 1.82) is 0 Å². The SMILES string of the molecule is CC(CC(N)=O)NC(=O)C12CC3CC(CC(C3)C1)C2. The Morgan fingerprint density at radius 2 is 1.63 bits per heavy atom. The first kappa shape index (κ1) is 12.9. The van der Waals surface area contributed by atoms with Crippen molar-refractivity contribution in [1.82, 2.24) is 5.32 Å². The second-order valence-electron chi connectivity index (χ2n) is 7.24. The van der Waals surface area contributed by atoms with Crippen LogP contribution in [0.25, 0.3) is 0 Å². The van der Waals surface area contributed by atoms with Crippen LogP contribution < -0.4 is 11.1 Å². The van der Waals surface area contributed by atoms with Gasteiger partial charge >= 0.3 is 0 Å². The van der Waals surface area contributed by atoms with E-state index >= 15 is 0 Å². The predicted molar refractivity (Wildman–Crippen MR) is 72.0 cm³/mol. The second-order valence-corrected chi connectivity index (χ2v) is 7.24. The normalized spacial score (nSPS) is 41.0. The minimum absolute atomic E-state index is 0.124. The van der Waals surface area contributed by atoms with E-state index in [1.165, 1.54) is 19.3 Å². The van der Waals surface area contributed by atoms with Crippen LogP contribution in [0, 0.1) is 23.2 Å². The van der Waals surface area contributed by atoms with E-state index in [1.807, 2.05) is 6.92 Å². The Morgan fingerprint density at radius 1 is 1.16 bits per heavy atom. The fourth-order valence-corrected chi connectivity index (χ4v) is 5.12. The number of hydrogen-bond donors (Lipinski definition) is 2. The molecule has 4 bridgehead atoms. The lowest BCUT2D eigenvalue weighted by atomic mass is 9.49. The Morgan fingerprint density at radius 3 is 2.05 bits per heavy atom. The molecule has 4 saturated carbocycles. The van der Waals surface area contributed by atoms with Crippen molar-refractivity contribution in [3.8, 4) is 0 Å². The van der Waals surface area contributed by atoms with E-state index in [0.29, 0.717) is 0 Å². The summed E-state index contributed by atoms with van der Waals surface area (Å²) in [4.78, 5) is 23.5. The van der Waals surface area contributed by atoms with E-state index in [-0.39, 0.29) is 29.7 Å². The molecule has 2 amide bonds. The molecule has 4 nitrogen and oxygen atoms in total. The minimum atomic E-state index is -0.349. The molecule has 0 aromatic heterocycles. The van der Waals surface area contributed by atoms with Gasteiger partial charge in [0.1, 0.15) is 0 Å². The van der Waals surface area contributed by atoms with E-state index < -0.39 is 0 Å². The molecule has 0 radical (unpaired) electrons. The molecule has 4 aliphatic carbocycles. The Balaban J connectivity index is 1.67. The summed E-state index contributed by atoms with van der Waals surface area (Å²) in [6, 6.07) is -0.141. The third kappa shape index (κ3) is 2.37. The van der Waals surface area contributed by atoms with Crippen molar-refractivity contribution < 1.29 is 9.59 Å². The Hall–Kier alpha value is -1.06. The van der Waals surface area contributed by atoms with Gasteiger partial charge in [0.25, 0.3) is 0 Å². The van der Waals surface area contributed by atoms with E-state index in [2.05, 4.69) is 5.32 Å². The first-order valence-electron chi connectivity index (χ1n) is 7.56. The van der Waals surface area contributed by atoms with Gasteiger partial charge < -0.3 is 11.1 Å². The molecule has 0 heterocycles. The van der Waals surface area contributed by atoms with Gasteiger partial charge in [-0.15, -0.1) is 0 Å². The van der Waals surface area contributed by atoms with Crippen molar-refractivity contribution in [2.24, 2.45) is 28.9 Å². The Labute approximate surface area is 114 Å². The second kappa shape index (κ2) is 4.50. The van der Waals surface area contributed by atoms with E-state index in [4.69, 9.17) is 5.73 Å². The number of carbonyl (C=O) groups is 2. The zero-order valence-electron chi connectivity index (χ0n) is 11.7. The zero-order valence-corrected chi connectivity index (χ0v) is 11.7. The van der Waals surface area contributed by atoms with Gasteiger partial charge in [0.15, 0.2) is 0 Å². The molecule has 4 heteroatoms. The monoisotopic (exact) mass is 264 g/mol. The lowest BCUT2D eigenvalue weighted by molar-refractivity contribution is -0.147. The molecule has 4 rings (SSSR count). The number of primary amides is 1. The zero-order chi connectivity index (χ0) is 13.6. The van der Waals surface area contributed by atoms with Crippen LogP contribution in [-0.4, -0.2) is 17.9 Å². The Bertz CT molecular complexity index is 370. The molecule has 0 saturated heterocycles. The van der Waals surface area contributed by atoms with Crippen LogP contribution in [-0.2, 0) is 9.59 Å². The standard InChI is InChI=1S/C15H24N2O2/c1-9(2-13(16)18)17-14(19)15-6-10-3-11(7-15)5-12(4-10)8-15/h9-12H,2-8H2,1H3,(H2,16,18)(H,17,19). The van der Waals surface area contributed by atoms with Gasteiger partial charge in [-0.3, -0.25) is 9.59 Å². The molecule has 106 valence electrons. The quantitative estimate of drug-likeness (QED) is 0.809. The average molecular weight is 264 g/mol. The van der Waals surface area contributed by atoms with E-state index in [0.717, 1.165) is 37.0 Å². The molecule has 19 heavy (non-hydrogen) atoms. The molecule has 4 fully saturated rings. The van der Waals surface area contributed by atoms with Crippen LogP contribution in [0.4, 0.5) is 0 Å². The highest BCUT2D eigenvalue weighted by atomic mass is 16.2. The summed E-state index contributed by atoms with van der Waals surface area (Å²) in [6.45, 7) is 1.86. The van der Waals surface area contributed by atoms with Crippen molar-refractivity contribution in [3.63, 3.8) is 0 Å². The minimum Gasteiger partial charge on any atom is -0.370 e. The van der Waals surface area contributed by atoms with Crippen LogP contribution in [0.3, 0.4) is 0 Å². The largest absolute Gasteiger partial charge is 0.370 e. The highest BCUT2D eigenvalue weighted by molar-refractivity contribution is 5.84. The third-order valence-corrected chi connectivity index (χ3v) is 5.40. The highest BCUT2D eigenvalue weighted by Crippen LogP contribution is 2.60. The number of nitrogens with two attached hydrogens (primary N) is 1. The van der Waals surface area contributed by atoms with Crippen molar-refractivity contribution in [2.75, 3.05) is 0 Å². The summed E-state index contributed by atoms with van der Waals surface area (Å²) in [6.07, 6.45) is 7.44. The van der Waals surface area contributed by atoms with Gasteiger partial charge in [-0.25, -0.2) is 0 Å². The molecule has 3 N–H and O–H groups in total. The van der Waals surface area contributed by atoms with Gasteiger partial charge in [-0.2, -0.15) is 0 Å². The van der Waals surface area contributed by atoms with Crippen molar-refractivity contribution >= 4 is 11.8 Å². The van der Waals surface area contributed by atoms with Crippen molar-refractivity contribution in [2.45, 2.75) is 57.9 Å². The van der Waals surface area contributed by atoms with Gasteiger partial charge in [-0.1, -0.05) is 0 Å². The summed E-state index contributed by atoms with van der Waals surface area (Å²) in [7, 11) is 0. The number of rotatable bonds is 4. The topological polar surface area (TPSA) is 72.2 Å². The summed E-state index contributed by atoms with van der Waals surface area (Å²) in [5.74, 6) is 2.13. The number of carbonyl (C=O) groups excluding carboxylic acids is 2. The van der Waals surface area contributed by atoms with Crippen LogP contribution in [0.15, 0.2) is 0 Å². The van der Waals surface area contributed by atoms with E-state index in [9.17, 15) is 9.59 Å². The highest BCUT2D eigenvalue weighted by Gasteiger charge is 2.54. The lowest BCUT2D eigenvalue weighted by Gasteiger charge is -2.55. The average Bonchev–Trinajstić information content (AvgIpc) is 2.25. The number of nitrogens with one attached hydrogen (secondary N) is 1. The lowest BCUT2D eigenvalue weighted by Crippen LogP contribution is -2.55. The van der Waals surface area contributed by atoms with Crippen LogP contribution in [0.5, 0.6) is 0 Å². The summed E-state index contributed by atoms with van der Waals surface area (Å²) < 4.78 is 0. The van der Waals surface area contributed by atoms with Crippen molar-refractivity contribution in [3.05, 3.63) is 0 Å². The summed E-state index contributed by atoms with van der Waals surface area (Å²) in [5.41, 5.74) is 5.06. The van der Waals surface area contributed by atoms with Crippen LogP contribution >= 0.6 is 0 Å².